The Balaban J connectivity index is 1.50. The summed E-state index contributed by atoms with van der Waals surface area (Å²) >= 11 is 0. The fraction of sp³-hybridized carbons (Fsp3) is 0.381. The van der Waals surface area contributed by atoms with E-state index in [1.54, 1.807) is 37.3 Å². The van der Waals surface area contributed by atoms with Gasteiger partial charge in [0.25, 0.3) is 5.91 Å². The Bertz CT molecular complexity index is 1000. The molecule has 0 aliphatic carbocycles. The van der Waals surface area contributed by atoms with Gasteiger partial charge in [0.2, 0.25) is 16.1 Å². The van der Waals surface area contributed by atoms with Crippen LogP contribution in [0.4, 0.5) is 5.69 Å². The standard InChI is InChI=1S/C21H24N2O5S/c1-15-20(28-19-11-4-3-10-18(19)27-15)21(24)22-16-8-7-9-17(14-16)29(25,26)23-12-5-2-6-13-23/h3-4,7-11,14-15,20H,2,5-6,12-13H2,1H3,(H,22,24)/t15-,20-/m1/s1. The van der Waals surface area contributed by atoms with E-state index in [2.05, 4.69) is 5.32 Å². The Labute approximate surface area is 170 Å². The Morgan fingerprint density at radius 1 is 1.00 bits per heavy atom. The van der Waals surface area contributed by atoms with Crippen LogP contribution < -0.4 is 14.8 Å². The molecule has 1 N–H and O–H groups in total. The van der Waals surface area contributed by atoms with Crippen LogP contribution in [0.5, 0.6) is 11.5 Å². The second-order valence-electron chi connectivity index (χ2n) is 7.29. The minimum absolute atomic E-state index is 0.177. The normalized spacial score (nSPS) is 22.1. The lowest BCUT2D eigenvalue weighted by molar-refractivity contribution is -0.128. The highest BCUT2D eigenvalue weighted by Crippen LogP contribution is 2.33. The van der Waals surface area contributed by atoms with Crippen LogP contribution in [0.25, 0.3) is 0 Å². The molecule has 4 rings (SSSR count). The van der Waals surface area contributed by atoms with Gasteiger partial charge in [-0.15, -0.1) is 0 Å². The van der Waals surface area contributed by atoms with E-state index in [9.17, 15) is 13.2 Å². The summed E-state index contributed by atoms with van der Waals surface area (Å²) in [6.45, 7) is 2.82. The molecule has 2 aromatic rings. The summed E-state index contributed by atoms with van der Waals surface area (Å²) < 4.78 is 38.9. The predicted octanol–water partition coefficient (Wildman–Crippen LogP) is 3.03. The number of amides is 1. The molecule has 2 atom stereocenters. The molecule has 7 nitrogen and oxygen atoms in total. The molecule has 1 fully saturated rings. The van der Waals surface area contributed by atoms with Crippen molar-refractivity contribution in [2.75, 3.05) is 18.4 Å². The van der Waals surface area contributed by atoms with E-state index in [1.165, 1.54) is 10.4 Å². The maximum Gasteiger partial charge on any atom is 0.269 e. The molecule has 0 bridgehead atoms. The minimum Gasteiger partial charge on any atom is -0.482 e. The zero-order valence-corrected chi connectivity index (χ0v) is 17.0. The number of ether oxygens (including phenoxy) is 2. The third-order valence-electron chi connectivity index (χ3n) is 5.16. The van der Waals surface area contributed by atoms with Crippen molar-refractivity contribution in [3.05, 3.63) is 48.5 Å². The van der Waals surface area contributed by atoms with E-state index in [4.69, 9.17) is 9.47 Å². The van der Waals surface area contributed by atoms with E-state index < -0.39 is 22.2 Å². The van der Waals surface area contributed by atoms with Crippen LogP contribution in [0, 0.1) is 0 Å². The number of hydrogen-bond acceptors (Lipinski definition) is 5. The van der Waals surface area contributed by atoms with Crippen LogP contribution in [-0.4, -0.2) is 43.9 Å². The molecule has 2 heterocycles. The molecule has 1 saturated heterocycles. The van der Waals surface area contributed by atoms with Crippen molar-refractivity contribution in [2.45, 2.75) is 43.3 Å². The molecule has 1 amide bonds. The highest BCUT2D eigenvalue weighted by atomic mass is 32.2. The number of fused-ring (bicyclic) bond motifs is 1. The largest absolute Gasteiger partial charge is 0.482 e. The molecule has 2 aliphatic heterocycles. The number of benzene rings is 2. The van der Waals surface area contributed by atoms with Gasteiger partial charge in [0.05, 0.1) is 4.90 Å². The average molecular weight is 416 g/mol. The minimum atomic E-state index is -3.57. The molecule has 2 aliphatic rings. The number of piperidine rings is 1. The zero-order valence-electron chi connectivity index (χ0n) is 16.2. The number of nitrogens with one attached hydrogen (secondary N) is 1. The third kappa shape index (κ3) is 4.09. The van der Waals surface area contributed by atoms with E-state index in [-0.39, 0.29) is 10.8 Å². The number of rotatable bonds is 4. The Morgan fingerprint density at radius 2 is 1.69 bits per heavy atom. The topological polar surface area (TPSA) is 84.9 Å². The summed E-state index contributed by atoms with van der Waals surface area (Å²) in [7, 11) is -3.57. The molecule has 29 heavy (non-hydrogen) atoms. The van der Waals surface area contributed by atoms with Gasteiger partial charge in [-0.05, 0) is 50.1 Å². The number of hydrogen-bond donors (Lipinski definition) is 1. The first kappa shape index (κ1) is 19.7. The van der Waals surface area contributed by atoms with Crippen molar-refractivity contribution >= 4 is 21.6 Å². The average Bonchev–Trinajstić information content (AvgIpc) is 2.74. The molecule has 154 valence electrons. The number of carbonyl (C=O) groups is 1. The highest BCUT2D eigenvalue weighted by molar-refractivity contribution is 7.89. The maximum atomic E-state index is 12.9. The van der Waals surface area contributed by atoms with E-state index in [0.29, 0.717) is 30.3 Å². The van der Waals surface area contributed by atoms with Crippen LogP contribution in [0.1, 0.15) is 26.2 Å². The summed E-state index contributed by atoms with van der Waals surface area (Å²) in [5, 5.41) is 2.76. The fourth-order valence-electron chi connectivity index (χ4n) is 3.61. The molecule has 0 unspecified atom stereocenters. The SMILES string of the molecule is C[C@H]1Oc2ccccc2O[C@H]1C(=O)Nc1cccc(S(=O)(=O)N2CCCCC2)c1. The Morgan fingerprint density at radius 3 is 2.41 bits per heavy atom. The lowest BCUT2D eigenvalue weighted by atomic mass is 10.1. The molecular formula is C21H24N2O5S. The number of nitrogens with zero attached hydrogens (tertiary/aromatic N) is 1. The summed E-state index contributed by atoms with van der Waals surface area (Å²) in [4.78, 5) is 13.0. The summed E-state index contributed by atoms with van der Waals surface area (Å²) in [5.74, 6) is 0.713. The Hall–Kier alpha value is -2.58. The highest BCUT2D eigenvalue weighted by Gasteiger charge is 2.34. The van der Waals surface area contributed by atoms with Gasteiger partial charge in [-0.1, -0.05) is 24.6 Å². The predicted molar refractivity (Wildman–Crippen MR) is 109 cm³/mol. The molecule has 0 saturated carbocycles. The van der Waals surface area contributed by atoms with Gasteiger partial charge in [0.15, 0.2) is 11.5 Å². The smallest absolute Gasteiger partial charge is 0.269 e. The molecular weight excluding hydrogens is 392 g/mol. The number of sulfonamides is 1. The second kappa shape index (κ2) is 8.04. The molecule has 8 heteroatoms. The van der Waals surface area contributed by atoms with Gasteiger partial charge in [-0.3, -0.25) is 4.79 Å². The fourth-order valence-corrected chi connectivity index (χ4v) is 5.17. The van der Waals surface area contributed by atoms with Crippen molar-refractivity contribution in [1.82, 2.24) is 4.31 Å². The molecule has 0 aromatic heterocycles. The van der Waals surface area contributed by atoms with E-state index in [1.807, 2.05) is 12.1 Å². The van der Waals surface area contributed by atoms with Crippen LogP contribution >= 0.6 is 0 Å². The van der Waals surface area contributed by atoms with E-state index in [0.717, 1.165) is 19.3 Å². The van der Waals surface area contributed by atoms with Crippen molar-refractivity contribution in [1.29, 1.82) is 0 Å². The van der Waals surface area contributed by atoms with Gasteiger partial charge >= 0.3 is 0 Å². The second-order valence-corrected chi connectivity index (χ2v) is 9.23. The van der Waals surface area contributed by atoms with Crippen molar-refractivity contribution < 1.29 is 22.7 Å². The van der Waals surface area contributed by atoms with Crippen LogP contribution in [0.2, 0.25) is 0 Å². The van der Waals surface area contributed by atoms with Crippen molar-refractivity contribution in [3.63, 3.8) is 0 Å². The number of anilines is 1. The van der Waals surface area contributed by atoms with Gasteiger partial charge in [0.1, 0.15) is 6.10 Å². The summed E-state index contributed by atoms with van der Waals surface area (Å²) in [6, 6.07) is 13.5. The first-order valence-electron chi connectivity index (χ1n) is 9.78. The lowest BCUT2D eigenvalue weighted by Crippen LogP contribution is -2.46. The van der Waals surface area contributed by atoms with Crippen LogP contribution in [0.3, 0.4) is 0 Å². The lowest BCUT2D eigenvalue weighted by Gasteiger charge is -2.31. The monoisotopic (exact) mass is 416 g/mol. The van der Waals surface area contributed by atoms with Gasteiger partial charge in [-0.25, -0.2) is 8.42 Å². The van der Waals surface area contributed by atoms with Crippen LogP contribution in [-0.2, 0) is 14.8 Å². The summed E-state index contributed by atoms with van der Waals surface area (Å²) in [6.07, 6.45) is 1.46. The van der Waals surface area contributed by atoms with Crippen molar-refractivity contribution in [3.8, 4) is 11.5 Å². The molecule has 0 spiro atoms. The van der Waals surface area contributed by atoms with E-state index >= 15 is 0 Å². The maximum absolute atomic E-state index is 12.9. The molecule has 2 aromatic carbocycles. The van der Waals surface area contributed by atoms with Gasteiger partial charge < -0.3 is 14.8 Å². The van der Waals surface area contributed by atoms with Crippen LogP contribution in [0.15, 0.2) is 53.4 Å². The van der Waals surface area contributed by atoms with Gasteiger partial charge in [-0.2, -0.15) is 4.31 Å². The molecule has 0 radical (unpaired) electrons. The number of para-hydroxylation sites is 2. The van der Waals surface area contributed by atoms with Gasteiger partial charge in [0, 0.05) is 18.8 Å². The Kier molecular flexibility index (Phi) is 5.47. The van der Waals surface area contributed by atoms with Crippen molar-refractivity contribution in [2.24, 2.45) is 0 Å². The quantitative estimate of drug-likeness (QED) is 0.828. The first-order valence-corrected chi connectivity index (χ1v) is 11.2. The number of carbonyl (C=O) groups excluding carboxylic acids is 1. The summed E-state index contributed by atoms with van der Waals surface area (Å²) in [5.41, 5.74) is 0.405. The first-order chi connectivity index (χ1) is 13.9. The third-order valence-corrected chi connectivity index (χ3v) is 7.05. The zero-order chi connectivity index (χ0) is 20.4.